The van der Waals surface area contributed by atoms with Crippen molar-refractivity contribution in [1.29, 1.82) is 0 Å². The first-order chi connectivity index (χ1) is 8.77. The Balaban J connectivity index is 2.03. The fourth-order valence-corrected chi connectivity index (χ4v) is 2.89. The summed E-state index contributed by atoms with van der Waals surface area (Å²) in [6.07, 6.45) is 3.92. The highest BCUT2D eigenvalue weighted by molar-refractivity contribution is 5.66. The van der Waals surface area contributed by atoms with Gasteiger partial charge in [0.15, 0.2) is 0 Å². The summed E-state index contributed by atoms with van der Waals surface area (Å²) in [5.74, 6) is 1.18. The molecule has 0 aromatic carbocycles. The second-order valence-electron chi connectivity index (χ2n) is 5.05. The van der Waals surface area contributed by atoms with Gasteiger partial charge in [-0.25, -0.2) is 4.98 Å². The largest absolute Gasteiger partial charge is 0.396 e. The molecule has 0 spiro atoms. The third-order valence-electron chi connectivity index (χ3n) is 3.93. The van der Waals surface area contributed by atoms with Crippen molar-refractivity contribution in [2.75, 3.05) is 37.9 Å². The summed E-state index contributed by atoms with van der Waals surface area (Å²) in [6.45, 7) is 3.10. The number of nitrogen functional groups attached to an aromatic ring is 2. The molecule has 4 N–H and O–H groups in total. The van der Waals surface area contributed by atoms with E-state index in [9.17, 15) is 0 Å². The predicted molar refractivity (Wildman–Crippen MR) is 69.4 cm³/mol. The summed E-state index contributed by atoms with van der Waals surface area (Å²) in [5, 5.41) is 0. The lowest BCUT2D eigenvalue weighted by molar-refractivity contribution is 0.192. The Bertz CT molecular complexity index is 438. The molecule has 2 saturated heterocycles. The molecular formula is C13H19N3O2. The van der Waals surface area contributed by atoms with Crippen LogP contribution in [-0.2, 0) is 9.47 Å². The van der Waals surface area contributed by atoms with Crippen LogP contribution < -0.4 is 11.5 Å². The maximum atomic E-state index is 6.15. The first kappa shape index (κ1) is 11.7. The number of nitrogens with two attached hydrogens (primary N) is 2. The van der Waals surface area contributed by atoms with Gasteiger partial charge in [-0.05, 0) is 24.0 Å². The second kappa shape index (κ2) is 4.74. The molecule has 5 heteroatoms. The molecule has 0 aliphatic carbocycles. The lowest BCUT2D eigenvalue weighted by Gasteiger charge is -2.20. The highest BCUT2D eigenvalue weighted by Crippen LogP contribution is 2.39. The van der Waals surface area contributed by atoms with Crippen LogP contribution in [0.25, 0.3) is 0 Å². The number of aromatic nitrogens is 1. The molecule has 3 rings (SSSR count). The van der Waals surface area contributed by atoms with Crippen molar-refractivity contribution < 1.29 is 9.47 Å². The predicted octanol–water partition coefficient (Wildman–Crippen LogP) is 1.25. The van der Waals surface area contributed by atoms with Crippen molar-refractivity contribution in [1.82, 2.24) is 4.98 Å². The monoisotopic (exact) mass is 249 g/mol. The van der Waals surface area contributed by atoms with Gasteiger partial charge < -0.3 is 20.9 Å². The lowest BCUT2D eigenvalue weighted by atomic mass is 9.86. The topological polar surface area (TPSA) is 83.4 Å². The summed E-state index contributed by atoms with van der Waals surface area (Å²) in [5.41, 5.74) is 15.0. The Morgan fingerprint density at radius 3 is 2.33 bits per heavy atom. The van der Waals surface area contributed by atoms with E-state index in [1.54, 1.807) is 0 Å². The average Bonchev–Trinajstić information content (AvgIpc) is 3.03. The van der Waals surface area contributed by atoms with Gasteiger partial charge in [0.05, 0.1) is 18.9 Å². The smallest absolute Gasteiger partial charge is 0.146 e. The number of hydrogen-bond donors (Lipinski definition) is 2. The van der Waals surface area contributed by atoms with Crippen molar-refractivity contribution in [3.63, 3.8) is 0 Å². The van der Waals surface area contributed by atoms with Gasteiger partial charge in [0, 0.05) is 31.2 Å². The van der Waals surface area contributed by atoms with E-state index < -0.39 is 0 Å². The standard InChI is InChI=1S/C13H19N3O2/c14-12-11(9-2-4-18-7-9)10(5-16-13(12)15)8-1-3-17-6-8/h5,8-9H,1-4,6-7,14H2,(H2,15,16). The Labute approximate surface area is 106 Å². The Morgan fingerprint density at radius 1 is 1.06 bits per heavy atom. The SMILES string of the molecule is Nc1ncc(C2CCOC2)c(C2CCOC2)c1N. The number of nitrogens with zero attached hydrogens (tertiary/aromatic N) is 1. The molecule has 0 saturated carbocycles. The summed E-state index contributed by atoms with van der Waals surface area (Å²) < 4.78 is 10.9. The van der Waals surface area contributed by atoms with E-state index >= 15 is 0 Å². The van der Waals surface area contributed by atoms with E-state index in [1.165, 1.54) is 5.56 Å². The van der Waals surface area contributed by atoms with Crippen molar-refractivity contribution in [3.05, 3.63) is 17.3 Å². The molecule has 2 aliphatic rings. The van der Waals surface area contributed by atoms with Gasteiger partial charge in [0.2, 0.25) is 0 Å². The lowest BCUT2D eigenvalue weighted by Crippen LogP contribution is -2.13. The average molecular weight is 249 g/mol. The van der Waals surface area contributed by atoms with E-state index in [-0.39, 0.29) is 0 Å². The molecule has 0 bridgehead atoms. The van der Waals surface area contributed by atoms with Crippen LogP contribution in [0.1, 0.15) is 35.8 Å². The molecule has 0 radical (unpaired) electrons. The number of rotatable bonds is 2. The summed E-state index contributed by atoms with van der Waals surface area (Å²) in [4.78, 5) is 4.21. The molecule has 1 aromatic rings. The fourth-order valence-electron chi connectivity index (χ4n) is 2.89. The Morgan fingerprint density at radius 2 is 1.72 bits per heavy atom. The molecule has 18 heavy (non-hydrogen) atoms. The first-order valence-corrected chi connectivity index (χ1v) is 6.46. The van der Waals surface area contributed by atoms with Crippen LogP contribution >= 0.6 is 0 Å². The molecule has 5 nitrogen and oxygen atoms in total. The Hall–Kier alpha value is -1.33. The van der Waals surface area contributed by atoms with Gasteiger partial charge in [-0.3, -0.25) is 0 Å². The molecule has 2 atom stereocenters. The number of pyridine rings is 1. The molecule has 2 unspecified atom stereocenters. The van der Waals surface area contributed by atoms with E-state index in [0.29, 0.717) is 23.3 Å². The molecule has 2 aliphatic heterocycles. The Kier molecular flexibility index (Phi) is 3.09. The number of hydrogen-bond acceptors (Lipinski definition) is 5. The van der Waals surface area contributed by atoms with Crippen LogP contribution in [0, 0.1) is 0 Å². The third-order valence-corrected chi connectivity index (χ3v) is 3.93. The molecular weight excluding hydrogens is 230 g/mol. The minimum atomic E-state index is 0.353. The van der Waals surface area contributed by atoms with Gasteiger partial charge in [-0.1, -0.05) is 0 Å². The van der Waals surface area contributed by atoms with Crippen LogP contribution in [0.4, 0.5) is 11.5 Å². The maximum Gasteiger partial charge on any atom is 0.146 e. The van der Waals surface area contributed by atoms with Gasteiger partial charge in [-0.2, -0.15) is 0 Å². The zero-order valence-corrected chi connectivity index (χ0v) is 10.4. The second-order valence-corrected chi connectivity index (χ2v) is 5.05. The first-order valence-electron chi connectivity index (χ1n) is 6.46. The van der Waals surface area contributed by atoms with E-state index in [4.69, 9.17) is 20.9 Å². The maximum absolute atomic E-state index is 6.15. The van der Waals surface area contributed by atoms with Crippen LogP contribution in [0.3, 0.4) is 0 Å². The molecule has 1 aromatic heterocycles. The van der Waals surface area contributed by atoms with Gasteiger partial charge in [0.1, 0.15) is 5.82 Å². The van der Waals surface area contributed by atoms with Crippen molar-refractivity contribution in [2.24, 2.45) is 0 Å². The van der Waals surface area contributed by atoms with Gasteiger partial charge in [0.25, 0.3) is 0 Å². The third kappa shape index (κ3) is 1.93. The van der Waals surface area contributed by atoms with Gasteiger partial charge >= 0.3 is 0 Å². The fraction of sp³-hybridized carbons (Fsp3) is 0.615. The summed E-state index contributed by atoms with van der Waals surface area (Å²) in [7, 11) is 0. The summed E-state index contributed by atoms with van der Waals surface area (Å²) >= 11 is 0. The van der Waals surface area contributed by atoms with Crippen LogP contribution in [-0.4, -0.2) is 31.4 Å². The summed E-state index contributed by atoms with van der Waals surface area (Å²) in [6, 6.07) is 0. The number of ether oxygens (including phenoxy) is 2. The van der Waals surface area contributed by atoms with Crippen LogP contribution in [0.15, 0.2) is 6.20 Å². The molecule has 2 fully saturated rings. The van der Waals surface area contributed by atoms with Crippen LogP contribution in [0.5, 0.6) is 0 Å². The van der Waals surface area contributed by atoms with Crippen molar-refractivity contribution in [2.45, 2.75) is 24.7 Å². The molecule has 98 valence electrons. The molecule has 0 amide bonds. The zero-order chi connectivity index (χ0) is 12.5. The highest BCUT2D eigenvalue weighted by atomic mass is 16.5. The minimum absolute atomic E-state index is 0.353. The normalized spacial score (nSPS) is 27.8. The van der Waals surface area contributed by atoms with E-state index in [0.717, 1.165) is 44.8 Å². The van der Waals surface area contributed by atoms with E-state index in [1.807, 2.05) is 6.20 Å². The minimum Gasteiger partial charge on any atom is -0.396 e. The van der Waals surface area contributed by atoms with E-state index in [2.05, 4.69) is 4.98 Å². The number of anilines is 2. The van der Waals surface area contributed by atoms with Crippen molar-refractivity contribution in [3.8, 4) is 0 Å². The quantitative estimate of drug-likeness (QED) is 0.824. The highest BCUT2D eigenvalue weighted by Gasteiger charge is 2.29. The van der Waals surface area contributed by atoms with Crippen molar-refractivity contribution >= 4 is 11.5 Å². The van der Waals surface area contributed by atoms with Crippen LogP contribution in [0.2, 0.25) is 0 Å². The van der Waals surface area contributed by atoms with Gasteiger partial charge in [-0.15, -0.1) is 0 Å². The zero-order valence-electron chi connectivity index (χ0n) is 10.4. The molecule has 3 heterocycles.